The van der Waals surface area contributed by atoms with E-state index in [2.05, 4.69) is 4.99 Å². The van der Waals surface area contributed by atoms with Crippen LogP contribution >= 0.6 is 22.9 Å². The second-order valence-corrected chi connectivity index (χ2v) is 11.4. The van der Waals surface area contributed by atoms with Crippen LogP contribution in [0.2, 0.25) is 5.02 Å². The SMILES string of the molecule is CCOC(=O)C1=C(C)N=c2s/c(=C/c3ccc(OCc4ccccc4Cl)c(OCC)c3)c(=O)n2[C@H]1c1ccc2c(c1)OCO2. The predicted octanol–water partition coefficient (Wildman–Crippen LogP) is 5.16. The standard InChI is InChI=1S/C33H29ClN2O7S/c1-4-39-26-14-20(10-12-24(26)41-17-22-8-6-7-9-23(22)34)15-28-31(37)36-30(21-11-13-25-27(16-21)43-18-42-25)29(32(38)40-5-2)19(3)35-33(36)44-28/h6-16,30H,4-5,17-18H2,1-3H3/b28-15+/t30-/m0/s1. The van der Waals surface area contributed by atoms with Crippen molar-refractivity contribution >= 4 is 35.0 Å². The van der Waals surface area contributed by atoms with E-state index in [4.69, 9.17) is 35.3 Å². The summed E-state index contributed by atoms with van der Waals surface area (Å²) in [6.45, 7) is 6.38. The summed E-state index contributed by atoms with van der Waals surface area (Å²) < 4.78 is 30.4. The highest BCUT2D eigenvalue weighted by Gasteiger charge is 2.34. The molecule has 0 saturated heterocycles. The lowest BCUT2D eigenvalue weighted by atomic mass is 9.95. The van der Waals surface area contributed by atoms with Crippen LogP contribution < -0.4 is 33.8 Å². The topological polar surface area (TPSA) is 97.6 Å². The van der Waals surface area contributed by atoms with Gasteiger partial charge < -0.3 is 23.7 Å². The highest BCUT2D eigenvalue weighted by Crippen LogP contribution is 2.38. The number of carbonyl (C=O) groups is 1. The molecule has 3 heterocycles. The van der Waals surface area contributed by atoms with Gasteiger partial charge in [-0.05, 0) is 68.3 Å². The van der Waals surface area contributed by atoms with Gasteiger partial charge in [0.15, 0.2) is 27.8 Å². The average Bonchev–Trinajstić information content (AvgIpc) is 3.60. The first kappa shape index (κ1) is 29.5. The highest BCUT2D eigenvalue weighted by atomic mass is 35.5. The number of benzene rings is 3. The molecule has 0 saturated carbocycles. The van der Waals surface area contributed by atoms with E-state index in [1.807, 2.05) is 55.5 Å². The number of esters is 1. The molecule has 4 aromatic rings. The zero-order valence-corrected chi connectivity index (χ0v) is 25.9. The largest absolute Gasteiger partial charge is 0.490 e. The minimum absolute atomic E-state index is 0.106. The van der Waals surface area contributed by atoms with Crippen molar-refractivity contribution in [2.75, 3.05) is 20.0 Å². The molecule has 0 fully saturated rings. The Morgan fingerprint density at radius 1 is 1.05 bits per heavy atom. The zero-order valence-electron chi connectivity index (χ0n) is 24.3. The molecule has 0 amide bonds. The molecule has 0 bridgehead atoms. The van der Waals surface area contributed by atoms with Gasteiger partial charge in [-0.2, -0.15) is 0 Å². The molecule has 226 valence electrons. The summed E-state index contributed by atoms with van der Waals surface area (Å²) in [7, 11) is 0. The molecule has 2 aliphatic rings. The molecule has 0 aliphatic carbocycles. The third kappa shape index (κ3) is 5.70. The number of carbonyl (C=O) groups excluding carboxylic acids is 1. The van der Waals surface area contributed by atoms with Crippen LogP contribution in [0.25, 0.3) is 6.08 Å². The smallest absolute Gasteiger partial charge is 0.338 e. The number of hydrogen-bond acceptors (Lipinski definition) is 9. The molecule has 0 spiro atoms. The molecule has 1 aromatic heterocycles. The van der Waals surface area contributed by atoms with Gasteiger partial charge in [-0.1, -0.05) is 53.3 Å². The van der Waals surface area contributed by atoms with E-state index in [-0.39, 0.29) is 25.6 Å². The van der Waals surface area contributed by atoms with Crippen LogP contribution in [0.1, 0.15) is 43.5 Å². The third-order valence-electron chi connectivity index (χ3n) is 7.14. The Kier molecular flexibility index (Phi) is 8.45. The number of fused-ring (bicyclic) bond motifs is 2. The Balaban J connectivity index is 1.40. The van der Waals surface area contributed by atoms with Crippen molar-refractivity contribution in [1.82, 2.24) is 4.57 Å². The molecule has 0 N–H and O–H groups in total. The van der Waals surface area contributed by atoms with Crippen LogP contribution in [-0.2, 0) is 16.1 Å². The monoisotopic (exact) mass is 632 g/mol. The minimum atomic E-state index is -0.762. The molecular formula is C33H29ClN2O7S. The van der Waals surface area contributed by atoms with Gasteiger partial charge in [0.2, 0.25) is 6.79 Å². The summed E-state index contributed by atoms with van der Waals surface area (Å²) in [6.07, 6.45) is 1.78. The number of allylic oxidation sites excluding steroid dienone is 1. The number of halogens is 1. The lowest BCUT2D eigenvalue weighted by molar-refractivity contribution is -0.139. The van der Waals surface area contributed by atoms with E-state index in [0.29, 0.717) is 60.8 Å². The Morgan fingerprint density at radius 2 is 1.86 bits per heavy atom. The fraction of sp³-hybridized carbons (Fsp3) is 0.242. The molecule has 3 aromatic carbocycles. The van der Waals surface area contributed by atoms with Gasteiger partial charge in [-0.15, -0.1) is 0 Å². The fourth-order valence-electron chi connectivity index (χ4n) is 5.11. The van der Waals surface area contributed by atoms with Crippen molar-refractivity contribution in [3.63, 3.8) is 0 Å². The number of nitrogens with zero attached hydrogens (tertiary/aromatic N) is 2. The molecule has 44 heavy (non-hydrogen) atoms. The van der Waals surface area contributed by atoms with Crippen LogP contribution in [0.4, 0.5) is 0 Å². The van der Waals surface area contributed by atoms with E-state index in [0.717, 1.165) is 11.1 Å². The van der Waals surface area contributed by atoms with Crippen molar-refractivity contribution in [2.24, 2.45) is 4.99 Å². The molecule has 9 nitrogen and oxygen atoms in total. The van der Waals surface area contributed by atoms with Crippen molar-refractivity contribution in [2.45, 2.75) is 33.4 Å². The summed E-state index contributed by atoms with van der Waals surface area (Å²) in [5, 5.41) is 0.623. The van der Waals surface area contributed by atoms with Gasteiger partial charge in [0.05, 0.1) is 35.1 Å². The summed E-state index contributed by atoms with van der Waals surface area (Å²) in [5.74, 6) is 1.72. The number of rotatable bonds is 9. The molecule has 2 aliphatic heterocycles. The number of aromatic nitrogens is 1. The first-order valence-electron chi connectivity index (χ1n) is 14.1. The molecule has 0 radical (unpaired) electrons. The van der Waals surface area contributed by atoms with Crippen LogP contribution in [0.3, 0.4) is 0 Å². The van der Waals surface area contributed by atoms with E-state index in [1.54, 1.807) is 32.1 Å². The van der Waals surface area contributed by atoms with Crippen molar-refractivity contribution in [1.29, 1.82) is 0 Å². The van der Waals surface area contributed by atoms with Gasteiger partial charge >= 0.3 is 5.97 Å². The molecule has 11 heteroatoms. The lowest BCUT2D eigenvalue weighted by Crippen LogP contribution is -2.39. The van der Waals surface area contributed by atoms with Crippen LogP contribution in [0.5, 0.6) is 23.0 Å². The molecule has 6 rings (SSSR count). The maximum atomic E-state index is 14.0. The molecule has 1 atom stereocenters. The normalized spacial score (nSPS) is 15.5. The number of thiazole rings is 1. The Bertz CT molecular complexity index is 1960. The summed E-state index contributed by atoms with van der Waals surface area (Å²) in [4.78, 5) is 32.3. The number of ether oxygens (including phenoxy) is 5. The zero-order chi connectivity index (χ0) is 30.8. The van der Waals surface area contributed by atoms with Gasteiger partial charge in [0, 0.05) is 10.6 Å². The van der Waals surface area contributed by atoms with E-state index >= 15 is 0 Å². The van der Waals surface area contributed by atoms with Crippen molar-refractivity contribution in [3.8, 4) is 23.0 Å². The Labute approximate surface area is 262 Å². The maximum absolute atomic E-state index is 14.0. The van der Waals surface area contributed by atoms with Crippen molar-refractivity contribution < 1.29 is 28.5 Å². The first-order chi connectivity index (χ1) is 21.4. The summed E-state index contributed by atoms with van der Waals surface area (Å²) in [5.41, 5.74) is 2.77. The molecular weight excluding hydrogens is 604 g/mol. The van der Waals surface area contributed by atoms with Gasteiger partial charge in [0.25, 0.3) is 5.56 Å². The average molecular weight is 633 g/mol. The number of hydrogen-bond donors (Lipinski definition) is 0. The maximum Gasteiger partial charge on any atom is 0.338 e. The Morgan fingerprint density at radius 3 is 2.66 bits per heavy atom. The Hall–Kier alpha value is -4.54. The third-order valence-corrected chi connectivity index (χ3v) is 8.49. The second-order valence-electron chi connectivity index (χ2n) is 9.93. The lowest BCUT2D eigenvalue weighted by Gasteiger charge is -2.24. The van der Waals surface area contributed by atoms with Crippen LogP contribution in [0.15, 0.2) is 81.7 Å². The first-order valence-corrected chi connectivity index (χ1v) is 15.3. The minimum Gasteiger partial charge on any atom is -0.490 e. The van der Waals surface area contributed by atoms with E-state index < -0.39 is 12.0 Å². The predicted molar refractivity (Wildman–Crippen MR) is 166 cm³/mol. The van der Waals surface area contributed by atoms with Gasteiger partial charge in [-0.3, -0.25) is 9.36 Å². The quantitative estimate of drug-likeness (QED) is 0.235. The summed E-state index contributed by atoms with van der Waals surface area (Å²) >= 11 is 7.54. The highest BCUT2D eigenvalue weighted by molar-refractivity contribution is 7.07. The van der Waals surface area contributed by atoms with Crippen molar-refractivity contribution in [3.05, 3.63) is 113 Å². The summed E-state index contributed by atoms with van der Waals surface area (Å²) in [6, 6.07) is 17.6. The fourth-order valence-corrected chi connectivity index (χ4v) is 6.35. The van der Waals surface area contributed by atoms with Crippen LogP contribution in [0, 0.1) is 0 Å². The van der Waals surface area contributed by atoms with Gasteiger partial charge in [-0.25, -0.2) is 9.79 Å². The van der Waals surface area contributed by atoms with E-state index in [9.17, 15) is 9.59 Å². The van der Waals surface area contributed by atoms with Crippen LogP contribution in [-0.4, -0.2) is 30.5 Å². The molecule has 0 unspecified atom stereocenters. The van der Waals surface area contributed by atoms with E-state index in [1.165, 1.54) is 15.9 Å². The second kappa shape index (κ2) is 12.6. The van der Waals surface area contributed by atoms with Gasteiger partial charge in [0.1, 0.15) is 6.61 Å².